The molecule has 0 saturated heterocycles. The van der Waals surface area contributed by atoms with Crippen molar-refractivity contribution >= 4 is 0 Å². The summed E-state index contributed by atoms with van der Waals surface area (Å²) in [5.41, 5.74) is 3.89. The lowest BCUT2D eigenvalue weighted by Crippen LogP contribution is -2.00. The van der Waals surface area contributed by atoms with Crippen LogP contribution in [0.25, 0.3) is 0 Å². The Kier molecular flexibility index (Phi) is 3.49. The molecule has 1 heteroatoms. The molecule has 0 aliphatic rings. The molecular weight excluding hydrogens is 160 g/mol. The van der Waals surface area contributed by atoms with Crippen molar-refractivity contribution in [1.82, 2.24) is 0 Å². The van der Waals surface area contributed by atoms with Crippen LogP contribution in [0.1, 0.15) is 36.5 Å². The molecule has 1 unspecified atom stereocenters. The van der Waals surface area contributed by atoms with Crippen LogP contribution in [0.3, 0.4) is 0 Å². The maximum atomic E-state index is 9.04. The first-order chi connectivity index (χ1) is 6.17. The van der Waals surface area contributed by atoms with Crippen LogP contribution in [0.5, 0.6) is 0 Å². The van der Waals surface area contributed by atoms with E-state index >= 15 is 0 Å². The average molecular weight is 178 g/mol. The van der Waals surface area contributed by atoms with E-state index < -0.39 is 0 Å². The fourth-order valence-electron chi connectivity index (χ4n) is 1.49. The SMILES string of the molecule is CCc1cc(C)cc(C(C)CO)c1. The van der Waals surface area contributed by atoms with Crippen LogP contribution in [-0.2, 0) is 6.42 Å². The van der Waals surface area contributed by atoms with Crippen molar-refractivity contribution in [1.29, 1.82) is 0 Å². The summed E-state index contributed by atoms with van der Waals surface area (Å²) in [7, 11) is 0. The van der Waals surface area contributed by atoms with Crippen molar-refractivity contribution < 1.29 is 5.11 Å². The minimum absolute atomic E-state index is 0.229. The highest BCUT2D eigenvalue weighted by atomic mass is 16.3. The van der Waals surface area contributed by atoms with Crippen molar-refractivity contribution in [3.8, 4) is 0 Å². The summed E-state index contributed by atoms with van der Waals surface area (Å²) in [6.07, 6.45) is 1.06. The Labute approximate surface area is 80.4 Å². The predicted octanol–water partition coefficient (Wildman–Crippen LogP) is 2.65. The quantitative estimate of drug-likeness (QED) is 0.754. The number of rotatable bonds is 3. The minimum atomic E-state index is 0.229. The van der Waals surface area contributed by atoms with Gasteiger partial charge in [-0.2, -0.15) is 0 Å². The van der Waals surface area contributed by atoms with Crippen LogP contribution in [0.15, 0.2) is 18.2 Å². The van der Waals surface area contributed by atoms with Crippen LogP contribution in [0.4, 0.5) is 0 Å². The van der Waals surface area contributed by atoms with Gasteiger partial charge in [-0.3, -0.25) is 0 Å². The van der Waals surface area contributed by atoms with Gasteiger partial charge in [0.25, 0.3) is 0 Å². The Morgan fingerprint density at radius 3 is 2.54 bits per heavy atom. The highest BCUT2D eigenvalue weighted by Crippen LogP contribution is 2.18. The van der Waals surface area contributed by atoms with Gasteiger partial charge in [-0.1, -0.05) is 37.6 Å². The van der Waals surface area contributed by atoms with Crippen molar-refractivity contribution in [3.63, 3.8) is 0 Å². The molecule has 0 aliphatic heterocycles. The van der Waals surface area contributed by atoms with E-state index in [1.54, 1.807) is 0 Å². The second-order valence-corrected chi connectivity index (χ2v) is 3.69. The van der Waals surface area contributed by atoms with Gasteiger partial charge in [0.2, 0.25) is 0 Å². The van der Waals surface area contributed by atoms with Gasteiger partial charge in [-0.05, 0) is 24.5 Å². The standard InChI is InChI=1S/C12H18O/c1-4-11-5-9(2)6-12(7-11)10(3)8-13/h5-7,10,13H,4,8H2,1-3H3. The second-order valence-electron chi connectivity index (χ2n) is 3.69. The molecule has 72 valence electrons. The predicted molar refractivity (Wildman–Crippen MR) is 56.1 cm³/mol. The topological polar surface area (TPSA) is 20.2 Å². The lowest BCUT2D eigenvalue weighted by molar-refractivity contribution is 0.273. The zero-order chi connectivity index (χ0) is 9.84. The number of aliphatic hydroxyl groups excluding tert-OH is 1. The molecular formula is C12H18O. The molecule has 1 rings (SSSR count). The lowest BCUT2D eigenvalue weighted by atomic mass is 9.96. The van der Waals surface area contributed by atoms with Crippen LogP contribution in [-0.4, -0.2) is 11.7 Å². The molecule has 0 aliphatic carbocycles. The van der Waals surface area contributed by atoms with Gasteiger partial charge in [0.05, 0.1) is 0 Å². The summed E-state index contributed by atoms with van der Waals surface area (Å²) >= 11 is 0. The van der Waals surface area contributed by atoms with E-state index in [0.29, 0.717) is 0 Å². The van der Waals surface area contributed by atoms with E-state index in [-0.39, 0.29) is 12.5 Å². The second kappa shape index (κ2) is 4.43. The fraction of sp³-hybridized carbons (Fsp3) is 0.500. The number of hydrogen-bond donors (Lipinski definition) is 1. The summed E-state index contributed by atoms with van der Waals surface area (Å²) < 4.78 is 0. The third-order valence-electron chi connectivity index (χ3n) is 2.41. The molecule has 0 amide bonds. The summed E-state index contributed by atoms with van der Waals surface area (Å²) in [6, 6.07) is 6.54. The van der Waals surface area contributed by atoms with Crippen molar-refractivity contribution in [3.05, 3.63) is 34.9 Å². The number of aliphatic hydroxyl groups is 1. The molecule has 0 radical (unpaired) electrons. The van der Waals surface area contributed by atoms with Gasteiger partial charge < -0.3 is 5.11 Å². The number of hydrogen-bond acceptors (Lipinski definition) is 1. The molecule has 1 atom stereocenters. The number of aryl methyl sites for hydroxylation is 2. The van der Waals surface area contributed by atoms with E-state index in [1.165, 1.54) is 16.7 Å². The van der Waals surface area contributed by atoms with Crippen molar-refractivity contribution in [2.45, 2.75) is 33.1 Å². The summed E-state index contributed by atoms with van der Waals surface area (Å²) in [4.78, 5) is 0. The van der Waals surface area contributed by atoms with E-state index in [4.69, 9.17) is 5.11 Å². The molecule has 0 aromatic heterocycles. The average Bonchev–Trinajstić information content (AvgIpc) is 2.15. The molecule has 1 aromatic rings. The zero-order valence-electron chi connectivity index (χ0n) is 8.67. The molecule has 1 aromatic carbocycles. The molecule has 0 spiro atoms. The highest BCUT2D eigenvalue weighted by Gasteiger charge is 2.04. The first-order valence-corrected chi connectivity index (χ1v) is 4.88. The molecule has 0 fully saturated rings. The van der Waals surface area contributed by atoms with Crippen LogP contribution < -0.4 is 0 Å². The first-order valence-electron chi connectivity index (χ1n) is 4.88. The van der Waals surface area contributed by atoms with Gasteiger partial charge in [-0.25, -0.2) is 0 Å². The van der Waals surface area contributed by atoms with Gasteiger partial charge >= 0.3 is 0 Å². The van der Waals surface area contributed by atoms with Gasteiger partial charge in [0.1, 0.15) is 0 Å². The summed E-state index contributed by atoms with van der Waals surface area (Å²) in [5.74, 6) is 0.255. The maximum Gasteiger partial charge on any atom is 0.0497 e. The summed E-state index contributed by atoms with van der Waals surface area (Å²) in [5, 5.41) is 9.04. The van der Waals surface area contributed by atoms with Gasteiger partial charge in [0, 0.05) is 12.5 Å². The van der Waals surface area contributed by atoms with Gasteiger partial charge in [-0.15, -0.1) is 0 Å². The van der Waals surface area contributed by atoms with Crippen LogP contribution in [0, 0.1) is 6.92 Å². The Morgan fingerprint density at radius 1 is 1.31 bits per heavy atom. The maximum absolute atomic E-state index is 9.04. The van der Waals surface area contributed by atoms with E-state index in [2.05, 4.69) is 32.0 Å². The molecule has 0 heterocycles. The van der Waals surface area contributed by atoms with E-state index in [9.17, 15) is 0 Å². The van der Waals surface area contributed by atoms with Crippen molar-refractivity contribution in [2.24, 2.45) is 0 Å². The smallest absolute Gasteiger partial charge is 0.0497 e. The Hall–Kier alpha value is -0.820. The third-order valence-corrected chi connectivity index (χ3v) is 2.41. The highest BCUT2D eigenvalue weighted by molar-refractivity contribution is 5.31. The van der Waals surface area contributed by atoms with Crippen LogP contribution >= 0.6 is 0 Å². The first kappa shape index (κ1) is 10.3. The molecule has 1 N–H and O–H groups in total. The fourth-order valence-corrected chi connectivity index (χ4v) is 1.49. The Morgan fingerprint density at radius 2 is 2.00 bits per heavy atom. The molecule has 1 nitrogen and oxygen atoms in total. The molecule has 13 heavy (non-hydrogen) atoms. The largest absolute Gasteiger partial charge is 0.396 e. The Balaban J connectivity index is 3.01. The normalized spacial score (nSPS) is 12.9. The monoisotopic (exact) mass is 178 g/mol. The van der Waals surface area contributed by atoms with Gasteiger partial charge in [0.15, 0.2) is 0 Å². The molecule has 0 saturated carbocycles. The van der Waals surface area contributed by atoms with Crippen LogP contribution in [0.2, 0.25) is 0 Å². The lowest BCUT2D eigenvalue weighted by Gasteiger charge is -2.11. The zero-order valence-corrected chi connectivity index (χ0v) is 8.67. The van der Waals surface area contributed by atoms with E-state index in [0.717, 1.165) is 6.42 Å². The Bertz CT molecular complexity index is 278. The number of benzene rings is 1. The third kappa shape index (κ3) is 2.56. The molecule has 0 bridgehead atoms. The summed E-state index contributed by atoms with van der Waals surface area (Å²) in [6.45, 7) is 6.54. The van der Waals surface area contributed by atoms with E-state index in [1.807, 2.05) is 6.92 Å². The van der Waals surface area contributed by atoms with Crippen molar-refractivity contribution in [2.75, 3.05) is 6.61 Å². The minimum Gasteiger partial charge on any atom is -0.396 e.